The van der Waals surface area contributed by atoms with E-state index in [4.69, 9.17) is 9.57 Å². The maximum atomic E-state index is 12.9. The van der Waals surface area contributed by atoms with E-state index in [0.29, 0.717) is 17.1 Å². The van der Waals surface area contributed by atoms with Gasteiger partial charge in [0.1, 0.15) is 5.60 Å². The first-order chi connectivity index (χ1) is 20.4. The molecule has 6 heteroatoms. The Labute approximate surface area is 247 Å². The van der Waals surface area contributed by atoms with Crippen LogP contribution in [-0.4, -0.2) is 29.5 Å². The van der Waals surface area contributed by atoms with Crippen molar-refractivity contribution in [1.82, 2.24) is 5.06 Å². The van der Waals surface area contributed by atoms with Crippen LogP contribution in [0.1, 0.15) is 84.8 Å². The molecule has 0 N–H and O–H groups in total. The van der Waals surface area contributed by atoms with Crippen LogP contribution in [0.5, 0.6) is 0 Å². The average molecular weight is 564 g/mol. The molecular weight excluding hydrogens is 526 g/mol. The first-order valence-electron chi connectivity index (χ1n) is 15.4. The minimum atomic E-state index is -0.881. The number of hydrogen-bond acceptors (Lipinski definition) is 5. The van der Waals surface area contributed by atoms with E-state index in [1.807, 2.05) is 48.5 Å². The monoisotopic (exact) mass is 563 g/mol. The van der Waals surface area contributed by atoms with Gasteiger partial charge in [-0.2, -0.15) is 0 Å². The lowest BCUT2D eigenvalue weighted by Gasteiger charge is -2.57. The Morgan fingerprint density at radius 3 is 1.69 bits per heavy atom. The molecule has 0 aromatic heterocycles. The van der Waals surface area contributed by atoms with Crippen LogP contribution in [0.3, 0.4) is 0 Å². The number of amides is 2. The zero-order valence-electron chi connectivity index (χ0n) is 23.9. The van der Waals surface area contributed by atoms with E-state index in [9.17, 15) is 14.4 Å². The highest BCUT2D eigenvalue weighted by Crippen LogP contribution is 2.61. The van der Waals surface area contributed by atoms with Crippen LogP contribution in [0.15, 0.2) is 84.9 Å². The van der Waals surface area contributed by atoms with Crippen LogP contribution in [0.4, 0.5) is 0 Å². The summed E-state index contributed by atoms with van der Waals surface area (Å²) in [5, 5.41) is 0.585. The highest BCUT2D eigenvalue weighted by molar-refractivity contribution is 6.02. The van der Waals surface area contributed by atoms with Crippen molar-refractivity contribution in [2.24, 2.45) is 23.2 Å². The fraction of sp³-hybridized carbons (Fsp3) is 0.417. The Kier molecular flexibility index (Phi) is 6.97. The SMILES string of the molecule is O=C(ON1C(=O)CCC1=O)c1ccc(C(OCCC23CC4CC(CC(C4)C2)C3)(c2ccccc2)c2ccccc2)cc1. The first kappa shape index (κ1) is 27.1. The Bertz CT molecular complexity index is 1370. The molecule has 5 fully saturated rings. The number of rotatable bonds is 9. The summed E-state index contributed by atoms with van der Waals surface area (Å²) in [6.07, 6.45) is 9.46. The molecule has 1 heterocycles. The second-order valence-corrected chi connectivity index (χ2v) is 13.0. The predicted molar refractivity (Wildman–Crippen MR) is 157 cm³/mol. The normalized spacial score (nSPS) is 26.6. The summed E-state index contributed by atoms with van der Waals surface area (Å²) >= 11 is 0. The summed E-state index contributed by atoms with van der Waals surface area (Å²) in [6, 6.07) is 27.7. The molecule has 216 valence electrons. The summed E-state index contributed by atoms with van der Waals surface area (Å²) < 4.78 is 7.15. The zero-order chi connectivity index (χ0) is 28.7. The third-order valence-electron chi connectivity index (χ3n) is 10.2. The third kappa shape index (κ3) is 4.86. The second kappa shape index (κ2) is 10.8. The maximum absolute atomic E-state index is 12.9. The molecule has 0 atom stereocenters. The van der Waals surface area contributed by atoms with E-state index in [-0.39, 0.29) is 18.4 Å². The molecule has 4 aliphatic carbocycles. The van der Waals surface area contributed by atoms with E-state index in [0.717, 1.165) is 40.9 Å². The number of imide groups is 1. The Balaban J connectivity index is 1.20. The van der Waals surface area contributed by atoms with Crippen LogP contribution >= 0.6 is 0 Å². The lowest BCUT2D eigenvalue weighted by Crippen LogP contribution is -2.46. The van der Waals surface area contributed by atoms with Gasteiger partial charge in [0.05, 0.1) is 5.56 Å². The molecule has 4 bridgehead atoms. The van der Waals surface area contributed by atoms with Gasteiger partial charge in [-0.25, -0.2) is 4.79 Å². The van der Waals surface area contributed by atoms with Crippen LogP contribution in [0.25, 0.3) is 0 Å². The van der Waals surface area contributed by atoms with Gasteiger partial charge in [0.2, 0.25) is 0 Å². The lowest BCUT2D eigenvalue weighted by molar-refractivity contribution is -0.172. The number of benzene rings is 3. The first-order valence-corrected chi connectivity index (χ1v) is 15.4. The number of ether oxygens (including phenoxy) is 1. The topological polar surface area (TPSA) is 72.9 Å². The van der Waals surface area contributed by atoms with Crippen molar-refractivity contribution in [3.63, 3.8) is 0 Å². The van der Waals surface area contributed by atoms with Crippen LogP contribution in [0, 0.1) is 23.2 Å². The van der Waals surface area contributed by atoms with Gasteiger partial charge in [-0.1, -0.05) is 72.8 Å². The smallest absolute Gasteiger partial charge is 0.361 e. The van der Waals surface area contributed by atoms with Crippen LogP contribution in [-0.2, 0) is 24.8 Å². The molecule has 42 heavy (non-hydrogen) atoms. The van der Waals surface area contributed by atoms with Gasteiger partial charge < -0.3 is 9.57 Å². The maximum Gasteiger partial charge on any atom is 0.363 e. The molecular formula is C36H37NO5. The van der Waals surface area contributed by atoms with E-state index < -0.39 is 23.4 Å². The van der Waals surface area contributed by atoms with Crippen molar-refractivity contribution < 1.29 is 24.0 Å². The quantitative estimate of drug-likeness (QED) is 0.211. The predicted octanol–water partition coefficient (Wildman–Crippen LogP) is 6.82. The highest BCUT2D eigenvalue weighted by atomic mass is 16.7. The minimum Gasteiger partial charge on any atom is -0.361 e. The standard InChI is InChI=1S/C36H37NO5/c38-32-15-16-33(39)37(32)42-34(40)28-11-13-31(14-12-28)36(29-7-3-1-4-8-29,30-9-5-2-6-10-30)41-18-17-35-22-25-19-26(23-35)21-27(20-25)24-35/h1-14,25-27H,15-24H2. The van der Waals surface area contributed by atoms with Gasteiger partial charge in [0.15, 0.2) is 0 Å². The van der Waals surface area contributed by atoms with Crippen LogP contribution < -0.4 is 0 Å². The molecule has 0 spiro atoms. The molecule has 0 unspecified atom stereocenters. The van der Waals surface area contributed by atoms with Crippen molar-refractivity contribution in [3.8, 4) is 0 Å². The molecule has 1 aliphatic heterocycles. The highest BCUT2D eigenvalue weighted by Gasteiger charge is 2.51. The number of carbonyl (C=O) groups excluding carboxylic acids is 3. The molecule has 8 rings (SSSR count). The summed E-state index contributed by atoms with van der Waals surface area (Å²) in [5.41, 5.74) is 2.71. The second-order valence-electron chi connectivity index (χ2n) is 13.0. The van der Waals surface area contributed by atoms with E-state index in [1.54, 1.807) is 12.1 Å². The molecule has 0 radical (unpaired) electrons. The molecule has 4 saturated carbocycles. The molecule has 2 amide bonds. The number of nitrogens with zero attached hydrogens (tertiary/aromatic N) is 1. The lowest BCUT2D eigenvalue weighted by atomic mass is 9.49. The zero-order valence-corrected chi connectivity index (χ0v) is 23.9. The van der Waals surface area contributed by atoms with Gasteiger partial charge in [-0.15, -0.1) is 5.06 Å². The Hall–Kier alpha value is -3.77. The van der Waals surface area contributed by atoms with E-state index >= 15 is 0 Å². The summed E-state index contributed by atoms with van der Waals surface area (Å²) in [5.74, 6) is 0.945. The molecule has 6 nitrogen and oxygen atoms in total. The van der Waals surface area contributed by atoms with Gasteiger partial charge in [0, 0.05) is 19.4 Å². The van der Waals surface area contributed by atoms with Crippen molar-refractivity contribution in [3.05, 3.63) is 107 Å². The van der Waals surface area contributed by atoms with Gasteiger partial charge in [0.25, 0.3) is 11.8 Å². The molecule has 3 aromatic rings. The average Bonchev–Trinajstić information content (AvgIpc) is 3.32. The summed E-state index contributed by atoms with van der Waals surface area (Å²) in [6.45, 7) is 0.638. The number of hydroxylamine groups is 2. The van der Waals surface area contributed by atoms with Gasteiger partial charge in [-0.3, -0.25) is 9.59 Å². The summed E-state index contributed by atoms with van der Waals surface area (Å²) in [7, 11) is 0. The van der Waals surface area contributed by atoms with Crippen molar-refractivity contribution >= 4 is 17.8 Å². The van der Waals surface area contributed by atoms with E-state index in [1.165, 1.54) is 38.5 Å². The largest absolute Gasteiger partial charge is 0.363 e. The molecule has 5 aliphatic rings. The fourth-order valence-electron chi connectivity index (χ4n) is 8.75. The number of hydrogen-bond donors (Lipinski definition) is 0. The Morgan fingerprint density at radius 2 is 1.19 bits per heavy atom. The minimum absolute atomic E-state index is 0.0579. The summed E-state index contributed by atoms with van der Waals surface area (Å²) in [4.78, 5) is 42.0. The van der Waals surface area contributed by atoms with E-state index in [2.05, 4.69) is 24.3 Å². The van der Waals surface area contributed by atoms with Crippen LogP contribution in [0.2, 0.25) is 0 Å². The third-order valence-corrected chi connectivity index (χ3v) is 10.2. The van der Waals surface area contributed by atoms with Crippen molar-refractivity contribution in [2.75, 3.05) is 6.61 Å². The number of carbonyl (C=O) groups is 3. The van der Waals surface area contributed by atoms with Crippen molar-refractivity contribution in [1.29, 1.82) is 0 Å². The molecule has 3 aromatic carbocycles. The van der Waals surface area contributed by atoms with Gasteiger partial charge >= 0.3 is 5.97 Å². The van der Waals surface area contributed by atoms with Crippen molar-refractivity contribution in [2.45, 2.75) is 63.4 Å². The van der Waals surface area contributed by atoms with Gasteiger partial charge in [-0.05, 0) is 96.9 Å². The fourth-order valence-corrected chi connectivity index (χ4v) is 8.75. The molecule has 1 saturated heterocycles. The Morgan fingerprint density at radius 1 is 0.714 bits per heavy atom.